The fraction of sp³-hybridized carbons (Fsp3) is 0.700. The summed E-state index contributed by atoms with van der Waals surface area (Å²) in [7, 11) is -4.92. The summed E-state index contributed by atoms with van der Waals surface area (Å²) < 4.78 is 41.9. The fourth-order valence-corrected chi connectivity index (χ4v) is 2.23. The Morgan fingerprint density at radius 1 is 1.56 bits per heavy atom. The molecular weight excluding hydrogens is 237 g/mol. The van der Waals surface area contributed by atoms with Crippen LogP contribution in [0.3, 0.4) is 0 Å². The van der Waals surface area contributed by atoms with Crippen molar-refractivity contribution in [2.45, 2.75) is 38.3 Å². The summed E-state index contributed by atoms with van der Waals surface area (Å²) in [4.78, 5) is 9.02. The van der Waals surface area contributed by atoms with Crippen molar-refractivity contribution >= 4 is 7.60 Å². The molecule has 0 amide bonds. The second-order valence-corrected chi connectivity index (χ2v) is 5.52. The monoisotopic (exact) mass is 252 g/mol. The van der Waals surface area contributed by atoms with Crippen LogP contribution in [0.15, 0.2) is 17.4 Å². The number of hydrogen-bond donors (Lipinski definition) is 1. The summed E-state index contributed by atoms with van der Waals surface area (Å²) >= 11 is 0. The third-order valence-electron chi connectivity index (χ3n) is 2.34. The van der Waals surface area contributed by atoms with E-state index in [2.05, 4.69) is 10.3 Å². The van der Waals surface area contributed by atoms with E-state index in [1.54, 1.807) is 0 Å². The first-order valence-electron chi connectivity index (χ1n) is 5.20. The molecule has 0 aromatic carbocycles. The Balaban J connectivity index is 2.85. The molecule has 0 aliphatic heterocycles. The molecule has 1 atom stereocenters. The van der Waals surface area contributed by atoms with E-state index >= 15 is 0 Å². The standard InChI is InChI=1S/C10H15F2O3P/c1-2-15-16(13,14)10(11,12)8-7-9-5-3-4-6-9/h8H,2-6H2,1H3,(H,13,14). The van der Waals surface area contributed by atoms with Crippen LogP contribution in [0.25, 0.3) is 0 Å². The van der Waals surface area contributed by atoms with E-state index in [4.69, 9.17) is 4.89 Å². The average Bonchev–Trinajstić information content (AvgIpc) is 2.67. The molecule has 1 rings (SSSR count). The molecule has 1 N–H and O–H groups in total. The maximum absolute atomic E-state index is 13.3. The topological polar surface area (TPSA) is 46.5 Å². The van der Waals surface area contributed by atoms with Gasteiger partial charge in [0.1, 0.15) is 0 Å². The van der Waals surface area contributed by atoms with Crippen LogP contribution in [0.1, 0.15) is 32.6 Å². The van der Waals surface area contributed by atoms with Crippen LogP contribution in [-0.4, -0.2) is 17.2 Å². The molecule has 16 heavy (non-hydrogen) atoms. The van der Waals surface area contributed by atoms with Gasteiger partial charge in [0.25, 0.3) is 0 Å². The van der Waals surface area contributed by atoms with E-state index < -0.39 is 13.3 Å². The Morgan fingerprint density at radius 2 is 2.12 bits per heavy atom. The fourth-order valence-electron chi connectivity index (χ4n) is 1.48. The van der Waals surface area contributed by atoms with Gasteiger partial charge >= 0.3 is 13.3 Å². The van der Waals surface area contributed by atoms with Gasteiger partial charge in [-0.05, 0) is 38.2 Å². The summed E-state index contributed by atoms with van der Waals surface area (Å²) in [6, 6.07) is 0. The third-order valence-corrected chi connectivity index (χ3v) is 3.83. The third kappa shape index (κ3) is 3.26. The van der Waals surface area contributed by atoms with E-state index in [9.17, 15) is 13.3 Å². The second kappa shape index (κ2) is 5.24. The molecule has 1 aliphatic carbocycles. The first-order chi connectivity index (χ1) is 7.39. The predicted octanol–water partition coefficient (Wildman–Crippen LogP) is 3.46. The zero-order chi connectivity index (χ0) is 12.2. The van der Waals surface area contributed by atoms with Gasteiger partial charge in [0.15, 0.2) is 0 Å². The first kappa shape index (κ1) is 13.6. The lowest BCUT2D eigenvalue weighted by atomic mass is 10.2. The number of allylic oxidation sites excluding steroid dienone is 1. The number of alkyl halides is 2. The molecule has 92 valence electrons. The van der Waals surface area contributed by atoms with Crippen molar-refractivity contribution < 1.29 is 22.8 Å². The Kier molecular flexibility index (Phi) is 4.45. The van der Waals surface area contributed by atoms with Crippen LogP contribution < -0.4 is 0 Å². The highest BCUT2D eigenvalue weighted by molar-refractivity contribution is 7.54. The van der Waals surface area contributed by atoms with Crippen LogP contribution in [0, 0.1) is 0 Å². The van der Waals surface area contributed by atoms with Gasteiger partial charge in [-0.25, -0.2) is 0 Å². The lowest BCUT2D eigenvalue weighted by molar-refractivity contribution is 0.0943. The average molecular weight is 252 g/mol. The maximum Gasteiger partial charge on any atom is 0.401 e. The van der Waals surface area contributed by atoms with Gasteiger partial charge in [0.2, 0.25) is 0 Å². The van der Waals surface area contributed by atoms with Gasteiger partial charge in [-0.2, -0.15) is 8.78 Å². The lowest BCUT2D eigenvalue weighted by Gasteiger charge is -2.17. The summed E-state index contributed by atoms with van der Waals surface area (Å²) in [6.07, 6.45) is 3.76. The smallest absolute Gasteiger partial charge is 0.320 e. The zero-order valence-corrected chi connectivity index (χ0v) is 9.97. The normalized spacial score (nSPS) is 20.4. The van der Waals surface area contributed by atoms with E-state index in [-0.39, 0.29) is 6.61 Å². The quantitative estimate of drug-likeness (QED) is 0.615. The molecule has 3 nitrogen and oxygen atoms in total. The van der Waals surface area contributed by atoms with Gasteiger partial charge in [-0.15, -0.1) is 5.73 Å². The lowest BCUT2D eigenvalue weighted by Crippen LogP contribution is -2.14. The molecule has 0 spiro atoms. The minimum Gasteiger partial charge on any atom is -0.320 e. The van der Waals surface area contributed by atoms with Crippen LogP contribution in [0.4, 0.5) is 8.78 Å². The maximum atomic E-state index is 13.3. The van der Waals surface area contributed by atoms with Crippen molar-refractivity contribution in [3.63, 3.8) is 0 Å². The predicted molar refractivity (Wildman–Crippen MR) is 56.5 cm³/mol. The van der Waals surface area contributed by atoms with E-state index in [0.717, 1.165) is 31.3 Å². The highest BCUT2D eigenvalue weighted by Crippen LogP contribution is 2.58. The number of rotatable bonds is 4. The molecule has 0 radical (unpaired) electrons. The van der Waals surface area contributed by atoms with E-state index in [1.807, 2.05) is 0 Å². The molecule has 1 saturated carbocycles. The Morgan fingerprint density at radius 3 is 2.62 bits per heavy atom. The molecule has 0 bridgehead atoms. The van der Waals surface area contributed by atoms with Crippen molar-refractivity contribution in [3.8, 4) is 0 Å². The second-order valence-electron chi connectivity index (χ2n) is 3.63. The highest BCUT2D eigenvalue weighted by Gasteiger charge is 2.48. The molecule has 0 saturated heterocycles. The molecule has 1 aliphatic rings. The molecule has 1 fully saturated rings. The largest absolute Gasteiger partial charge is 0.401 e. The molecular formula is C10H15F2O3P. The van der Waals surface area contributed by atoms with Gasteiger partial charge in [0.05, 0.1) is 6.61 Å². The van der Waals surface area contributed by atoms with E-state index in [0.29, 0.717) is 6.08 Å². The van der Waals surface area contributed by atoms with Gasteiger partial charge in [0, 0.05) is 6.08 Å². The van der Waals surface area contributed by atoms with Gasteiger partial charge in [-0.1, -0.05) is 0 Å². The minimum absolute atomic E-state index is 0.228. The number of halogens is 2. The zero-order valence-electron chi connectivity index (χ0n) is 9.08. The van der Waals surface area contributed by atoms with Crippen LogP contribution in [-0.2, 0) is 9.09 Å². The summed E-state index contributed by atoms with van der Waals surface area (Å²) in [6.45, 7) is 1.16. The molecule has 0 heterocycles. The molecule has 0 aromatic heterocycles. The Labute approximate surface area is 93.3 Å². The van der Waals surface area contributed by atoms with Crippen molar-refractivity contribution in [2.24, 2.45) is 0 Å². The van der Waals surface area contributed by atoms with Gasteiger partial charge < -0.3 is 9.42 Å². The number of hydrogen-bond acceptors (Lipinski definition) is 2. The Bertz CT molecular complexity index is 351. The molecule has 1 unspecified atom stereocenters. The minimum atomic E-state index is -4.92. The van der Waals surface area contributed by atoms with Crippen molar-refractivity contribution in [1.82, 2.24) is 0 Å². The SMILES string of the molecule is CCOP(=O)(O)C(F)(F)C=C=C1CCCC1. The Hall–Kier alpha value is -0.470. The highest BCUT2D eigenvalue weighted by atomic mass is 31.2. The first-order valence-corrected chi connectivity index (χ1v) is 6.77. The van der Waals surface area contributed by atoms with Crippen LogP contribution in [0.5, 0.6) is 0 Å². The summed E-state index contributed by atoms with van der Waals surface area (Å²) in [5.41, 5.74) is -0.672. The molecule has 0 aromatic rings. The van der Waals surface area contributed by atoms with Crippen molar-refractivity contribution in [1.29, 1.82) is 0 Å². The summed E-state index contributed by atoms with van der Waals surface area (Å²) in [5.74, 6) is 0. The molecule has 6 heteroatoms. The van der Waals surface area contributed by atoms with Crippen LogP contribution >= 0.6 is 7.60 Å². The van der Waals surface area contributed by atoms with Crippen LogP contribution in [0.2, 0.25) is 0 Å². The van der Waals surface area contributed by atoms with Crippen molar-refractivity contribution in [2.75, 3.05) is 6.61 Å². The summed E-state index contributed by atoms with van der Waals surface area (Å²) in [5, 5.41) is 0. The van der Waals surface area contributed by atoms with Gasteiger partial charge in [-0.3, -0.25) is 4.57 Å². The van der Waals surface area contributed by atoms with Crippen molar-refractivity contribution in [3.05, 3.63) is 17.4 Å². The van der Waals surface area contributed by atoms with E-state index in [1.165, 1.54) is 6.92 Å².